The predicted molar refractivity (Wildman–Crippen MR) is 90.9 cm³/mol. The molecule has 1 saturated carbocycles. The van der Waals surface area contributed by atoms with Crippen LogP contribution >= 0.6 is 0 Å². The second-order valence-corrected chi connectivity index (χ2v) is 8.47. The zero-order valence-electron chi connectivity index (χ0n) is 14.1. The molecule has 1 amide bonds. The van der Waals surface area contributed by atoms with Gasteiger partial charge in [0.25, 0.3) is 5.91 Å². The summed E-state index contributed by atoms with van der Waals surface area (Å²) in [6.45, 7) is 3.74. The van der Waals surface area contributed by atoms with Gasteiger partial charge in [0.05, 0.1) is 4.90 Å². The second-order valence-electron chi connectivity index (χ2n) is 6.47. The van der Waals surface area contributed by atoms with Crippen LogP contribution < -0.4 is 5.32 Å². The molecule has 1 aromatic rings. The van der Waals surface area contributed by atoms with E-state index in [1.165, 1.54) is 16.8 Å². The van der Waals surface area contributed by atoms with E-state index in [2.05, 4.69) is 5.32 Å². The minimum Gasteiger partial charge on any atom is -0.350 e. The van der Waals surface area contributed by atoms with Gasteiger partial charge in [0.1, 0.15) is 0 Å². The Kier molecular flexibility index (Phi) is 5.81. The smallest absolute Gasteiger partial charge is 0.251 e. The van der Waals surface area contributed by atoms with Gasteiger partial charge in [-0.2, -0.15) is 4.31 Å². The molecule has 6 heteroatoms. The first kappa shape index (κ1) is 17.9. The fourth-order valence-corrected chi connectivity index (χ4v) is 4.41. The summed E-state index contributed by atoms with van der Waals surface area (Å²) in [6, 6.07) is 6.34. The molecule has 1 aliphatic rings. The van der Waals surface area contributed by atoms with E-state index in [1.54, 1.807) is 25.2 Å². The highest BCUT2D eigenvalue weighted by Crippen LogP contribution is 2.26. The molecule has 1 N–H and O–H groups in total. The van der Waals surface area contributed by atoms with Crippen molar-refractivity contribution in [3.05, 3.63) is 29.8 Å². The molecule has 2 rings (SSSR count). The maximum Gasteiger partial charge on any atom is 0.251 e. The fourth-order valence-electron chi connectivity index (χ4n) is 2.95. The molecule has 0 aliphatic heterocycles. The van der Waals surface area contributed by atoms with Gasteiger partial charge in [0, 0.05) is 24.7 Å². The van der Waals surface area contributed by atoms with Crippen LogP contribution in [0.15, 0.2) is 29.2 Å². The van der Waals surface area contributed by atoms with Crippen molar-refractivity contribution in [2.24, 2.45) is 0 Å². The Morgan fingerprint density at radius 1 is 1.22 bits per heavy atom. The number of sulfonamides is 1. The van der Waals surface area contributed by atoms with Crippen LogP contribution in [-0.4, -0.2) is 37.8 Å². The van der Waals surface area contributed by atoms with Crippen molar-refractivity contribution in [3.8, 4) is 0 Å². The van der Waals surface area contributed by atoms with Crippen LogP contribution in [0.4, 0.5) is 0 Å². The maximum absolute atomic E-state index is 12.8. The van der Waals surface area contributed by atoms with E-state index in [1.807, 2.05) is 13.8 Å². The van der Waals surface area contributed by atoms with Crippen molar-refractivity contribution in [1.29, 1.82) is 0 Å². The Morgan fingerprint density at radius 2 is 1.87 bits per heavy atom. The van der Waals surface area contributed by atoms with Crippen LogP contribution in [0.25, 0.3) is 0 Å². The van der Waals surface area contributed by atoms with E-state index >= 15 is 0 Å². The molecule has 0 aromatic heterocycles. The number of benzene rings is 1. The summed E-state index contributed by atoms with van der Waals surface area (Å²) in [7, 11) is -1.92. The van der Waals surface area contributed by atoms with E-state index in [0.29, 0.717) is 5.56 Å². The van der Waals surface area contributed by atoms with Crippen LogP contribution in [0, 0.1) is 0 Å². The highest BCUT2D eigenvalue weighted by Gasteiger charge is 2.29. The average Bonchev–Trinajstić information content (AvgIpc) is 2.54. The molecule has 0 radical (unpaired) electrons. The summed E-state index contributed by atoms with van der Waals surface area (Å²) in [6.07, 6.45) is 5.13. The predicted octanol–water partition coefficient (Wildman–Crippen LogP) is 2.78. The van der Waals surface area contributed by atoms with Crippen molar-refractivity contribution in [1.82, 2.24) is 9.62 Å². The van der Waals surface area contributed by atoms with Gasteiger partial charge in [-0.1, -0.05) is 25.3 Å². The highest BCUT2D eigenvalue weighted by molar-refractivity contribution is 7.89. The lowest BCUT2D eigenvalue weighted by atomic mass is 9.96. The number of rotatable bonds is 5. The number of hydrogen-bond acceptors (Lipinski definition) is 3. The molecule has 0 spiro atoms. The van der Waals surface area contributed by atoms with Crippen molar-refractivity contribution in [2.45, 2.75) is 62.9 Å². The van der Waals surface area contributed by atoms with E-state index in [0.717, 1.165) is 25.7 Å². The van der Waals surface area contributed by atoms with E-state index in [9.17, 15) is 13.2 Å². The molecule has 5 nitrogen and oxygen atoms in total. The van der Waals surface area contributed by atoms with Gasteiger partial charge in [-0.25, -0.2) is 8.42 Å². The molecule has 0 atom stereocenters. The zero-order chi connectivity index (χ0) is 17.0. The number of carbonyl (C=O) groups excluding carboxylic acids is 1. The molecule has 0 heterocycles. The number of nitrogens with one attached hydrogen (secondary N) is 1. The van der Waals surface area contributed by atoms with Gasteiger partial charge in [0.2, 0.25) is 10.0 Å². The number of amides is 1. The monoisotopic (exact) mass is 338 g/mol. The molecule has 128 valence electrons. The van der Waals surface area contributed by atoms with Crippen molar-refractivity contribution in [2.75, 3.05) is 7.05 Å². The molecule has 1 aliphatic carbocycles. The van der Waals surface area contributed by atoms with Crippen LogP contribution in [0.3, 0.4) is 0 Å². The first-order chi connectivity index (χ1) is 10.8. The lowest BCUT2D eigenvalue weighted by Crippen LogP contribution is -2.38. The summed E-state index contributed by atoms with van der Waals surface area (Å²) < 4.78 is 27.1. The van der Waals surface area contributed by atoms with E-state index in [4.69, 9.17) is 0 Å². The van der Waals surface area contributed by atoms with Crippen LogP contribution in [-0.2, 0) is 10.0 Å². The minimum absolute atomic E-state index is 0.00711. The van der Waals surface area contributed by atoms with Gasteiger partial charge >= 0.3 is 0 Å². The first-order valence-corrected chi connectivity index (χ1v) is 9.65. The van der Waals surface area contributed by atoms with Crippen LogP contribution in [0.5, 0.6) is 0 Å². The average molecular weight is 338 g/mol. The number of nitrogens with zero attached hydrogens (tertiary/aromatic N) is 1. The largest absolute Gasteiger partial charge is 0.350 e. The first-order valence-electron chi connectivity index (χ1n) is 8.21. The molecular weight excluding hydrogens is 312 g/mol. The Bertz CT molecular complexity index is 650. The summed E-state index contributed by atoms with van der Waals surface area (Å²) >= 11 is 0. The SMILES string of the molecule is CC(C)NC(=O)c1cccc(S(=O)(=O)N(C)C2CCCCC2)c1. The van der Waals surface area contributed by atoms with E-state index < -0.39 is 10.0 Å². The number of carbonyl (C=O) groups is 1. The summed E-state index contributed by atoms with van der Waals surface area (Å²) in [5, 5.41) is 2.78. The van der Waals surface area contributed by atoms with Gasteiger partial charge in [-0.3, -0.25) is 4.79 Å². The lowest BCUT2D eigenvalue weighted by molar-refractivity contribution is 0.0943. The van der Waals surface area contributed by atoms with Gasteiger partial charge in [-0.15, -0.1) is 0 Å². The summed E-state index contributed by atoms with van der Waals surface area (Å²) in [5.41, 5.74) is 0.372. The fraction of sp³-hybridized carbons (Fsp3) is 0.588. The third kappa shape index (κ3) is 4.32. The summed E-state index contributed by atoms with van der Waals surface area (Å²) in [4.78, 5) is 12.3. The molecular formula is C17H26N2O3S. The van der Waals surface area contributed by atoms with Crippen molar-refractivity contribution >= 4 is 15.9 Å². The molecule has 0 bridgehead atoms. The van der Waals surface area contributed by atoms with Crippen LogP contribution in [0.1, 0.15) is 56.3 Å². The highest BCUT2D eigenvalue weighted by atomic mass is 32.2. The third-order valence-electron chi connectivity index (χ3n) is 4.28. The maximum atomic E-state index is 12.8. The standard InChI is InChI=1S/C17H26N2O3S/c1-13(2)18-17(20)14-8-7-11-16(12-14)23(21,22)19(3)15-9-5-4-6-10-15/h7-8,11-13,15H,4-6,9-10H2,1-3H3,(H,18,20). The minimum atomic E-state index is -3.57. The normalized spacial score (nSPS) is 16.7. The third-order valence-corrected chi connectivity index (χ3v) is 6.19. The Balaban J connectivity index is 2.24. The molecule has 0 unspecified atom stereocenters. The van der Waals surface area contributed by atoms with Gasteiger partial charge in [0.15, 0.2) is 0 Å². The Labute approximate surface area is 139 Å². The lowest BCUT2D eigenvalue weighted by Gasteiger charge is -2.30. The van der Waals surface area contributed by atoms with E-state index in [-0.39, 0.29) is 22.9 Å². The van der Waals surface area contributed by atoms with Crippen molar-refractivity contribution in [3.63, 3.8) is 0 Å². The zero-order valence-corrected chi connectivity index (χ0v) is 14.9. The molecule has 0 saturated heterocycles. The quantitative estimate of drug-likeness (QED) is 0.898. The Hall–Kier alpha value is -1.40. The number of hydrogen-bond donors (Lipinski definition) is 1. The van der Waals surface area contributed by atoms with Crippen LogP contribution in [0.2, 0.25) is 0 Å². The second kappa shape index (κ2) is 7.45. The topological polar surface area (TPSA) is 66.5 Å². The molecule has 23 heavy (non-hydrogen) atoms. The Morgan fingerprint density at radius 3 is 2.48 bits per heavy atom. The summed E-state index contributed by atoms with van der Waals surface area (Å²) in [5.74, 6) is -0.252. The van der Waals surface area contributed by atoms with Gasteiger partial charge < -0.3 is 5.32 Å². The molecule has 1 fully saturated rings. The van der Waals surface area contributed by atoms with Gasteiger partial charge in [-0.05, 0) is 44.9 Å². The van der Waals surface area contributed by atoms with Crippen molar-refractivity contribution < 1.29 is 13.2 Å². The molecule has 1 aromatic carbocycles.